The average molecular weight is 428 g/mol. The number of aromatic nitrogens is 1. The third-order valence-corrected chi connectivity index (χ3v) is 5.80. The van der Waals surface area contributed by atoms with Gasteiger partial charge < -0.3 is 18.9 Å². The summed E-state index contributed by atoms with van der Waals surface area (Å²) >= 11 is 0. The van der Waals surface area contributed by atoms with Crippen molar-refractivity contribution >= 4 is 11.9 Å². The van der Waals surface area contributed by atoms with Crippen LogP contribution in [0.2, 0.25) is 0 Å². The summed E-state index contributed by atoms with van der Waals surface area (Å²) in [5, 5.41) is 0. The van der Waals surface area contributed by atoms with E-state index in [0.717, 1.165) is 33.9 Å². The summed E-state index contributed by atoms with van der Waals surface area (Å²) in [6.45, 7) is 3.89. The number of pyridine rings is 1. The van der Waals surface area contributed by atoms with Crippen LogP contribution >= 0.6 is 0 Å². The molecule has 160 valence electrons. The second-order valence-corrected chi connectivity index (χ2v) is 8.02. The van der Waals surface area contributed by atoms with Gasteiger partial charge in [-0.1, -0.05) is 12.1 Å². The highest BCUT2D eigenvalue weighted by atomic mass is 16.7. The molecule has 32 heavy (non-hydrogen) atoms. The first kappa shape index (κ1) is 18.9. The summed E-state index contributed by atoms with van der Waals surface area (Å²) in [6.07, 6.45) is 3.37. The molecule has 3 aromatic rings. The predicted octanol–water partition coefficient (Wildman–Crippen LogP) is 4.09. The molecule has 0 aliphatic carbocycles. The number of ketones is 1. The molecule has 3 aliphatic rings. The Balaban J connectivity index is 1.29. The Morgan fingerprint density at radius 2 is 1.97 bits per heavy atom. The van der Waals surface area contributed by atoms with E-state index in [-0.39, 0.29) is 18.3 Å². The lowest BCUT2D eigenvalue weighted by atomic mass is 9.98. The fourth-order valence-corrected chi connectivity index (χ4v) is 4.27. The summed E-state index contributed by atoms with van der Waals surface area (Å²) in [6, 6.07) is 13.4. The molecule has 0 fully saturated rings. The van der Waals surface area contributed by atoms with Crippen LogP contribution in [0.1, 0.15) is 32.7 Å². The Morgan fingerprint density at radius 1 is 1.06 bits per heavy atom. The number of hydrogen-bond donors (Lipinski definition) is 0. The number of aryl methyl sites for hydroxylation is 1. The van der Waals surface area contributed by atoms with E-state index in [0.29, 0.717) is 36.8 Å². The van der Waals surface area contributed by atoms with E-state index in [1.807, 2.05) is 49.4 Å². The Morgan fingerprint density at radius 3 is 2.84 bits per heavy atom. The van der Waals surface area contributed by atoms with E-state index in [2.05, 4.69) is 9.88 Å². The van der Waals surface area contributed by atoms with Crippen molar-refractivity contribution in [2.45, 2.75) is 20.0 Å². The van der Waals surface area contributed by atoms with Gasteiger partial charge in [0, 0.05) is 25.4 Å². The van der Waals surface area contributed by atoms with Crippen molar-refractivity contribution in [3.8, 4) is 23.0 Å². The van der Waals surface area contributed by atoms with Gasteiger partial charge in [0.05, 0.1) is 16.8 Å². The molecule has 4 heterocycles. The molecule has 0 atom stereocenters. The van der Waals surface area contributed by atoms with E-state index in [4.69, 9.17) is 18.9 Å². The van der Waals surface area contributed by atoms with E-state index in [1.165, 1.54) is 0 Å². The summed E-state index contributed by atoms with van der Waals surface area (Å²) in [7, 11) is 0. The van der Waals surface area contributed by atoms with Crippen LogP contribution in [-0.2, 0) is 13.1 Å². The van der Waals surface area contributed by atoms with Crippen molar-refractivity contribution in [3.63, 3.8) is 0 Å². The van der Waals surface area contributed by atoms with Crippen molar-refractivity contribution < 1.29 is 23.7 Å². The van der Waals surface area contributed by atoms with E-state index in [9.17, 15) is 4.79 Å². The molecule has 0 saturated carbocycles. The second kappa shape index (κ2) is 7.39. The molecule has 6 rings (SSSR count). The minimum atomic E-state index is -0.126. The van der Waals surface area contributed by atoms with Crippen LogP contribution in [0.15, 0.2) is 54.4 Å². The third kappa shape index (κ3) is 3.18. The van der Waals surface area contributed by atoms with Crippen LogP contribution in [0.5, 0.6) is 23.0 Å². The maximum atomic E-state index is 13.1. The lowest BCUT2D eigenvalue weighted by Crippen LogP contribution is -2.31. The molecule has 7 nitrogen and oxygen atoms in total. The van der Waals surface area contributed by atoms with Crippen molar-refractivity contribution in [1.82, 2.24) is 9.88 Å². The molecule has 0 saturated heterocycles. The molecule has 2 aromatic carbocycles. The number of fused-ring (bicyclic) bond motifs is 4. The number of Topliss-reactive ketones (excluding diaryl/α,β-unsaturated/α-hetero) is 1. The molecule has 3 aliphatic heterocycles. The zero-order valence-corrected chi connectivity index (χ0v) is 17.5. The quantitative estimate of drug-likeness (QED) is 0.582. The smallest absolute Gasteiger partial charge is 0.232 e. The first-order chi connectivity index (χ1) is 15.7. The van der Waals surface area contributed by atoms with Crippen molar-refractivity contribution in [2.24, 2.45) is 0 Å². The third-order valence-electron chi connectivity index (χ3n) is 5.80. The number of nitrogens with zero attached hydrogens (tertiary/aromatic N) is 2. The molecule has 0 N–H and O–H groups in total. The summed E-state index contributed by atoms with van der Waals surface area (Å²) < 4.78 is 23.0. The number of ether oxygens (including phenoxy) is 4. The van der Waals surface area contributed by atoms with Crippen molar-refractivity contribution in [2.75, 3.05) is 13.5 Å². The van der Waals surface area contributed by atoms with Crippen LogP contribution in [0, 0.1) is 6.92 Å². The summed E-state index contributed by atoms with van der Waals surface area (Å²) in [5.41, 5.74) is 4.10. The molecule has 0 radical (unpaired) electrons. The van der Waals surface area contributed by atoms with Crippen molar-refractivity contribution in [1.29, 1.82) is 0 Å². The number of rotatable bonds is 3. The average Bonchev–Trinajstić information content (AvgIpc) is 3.40. The van der Waals surface area contributed by atoms with Gasteiger partial charge in [0.1, 0.15) is 18.2 Å². The standard InChI is InChI=1S/C25H20N2O5/c1-15-8-20-18(25-23(15)24(28)22(32-25)10-17-4-2-3-7-26-17)12-27(13-29-20)11-16-5-6-19-21(9-16)31-14-30-19/h2-10H,11-14H2,1H3/b22-10-. The lowest BCUT2D eigenvalue weighted by molar-refractivity contribution is 0.0871. The van der Waals surface area contributed by atoms with Gasteiger partial charge in [-0.3, -0.25) is 14.7 Å². The molecule has 0 amide bonds. The van der Waals surface area contributed by atoms with Crippen molar-refractivity contribution in [3.05, 3.63) is 82.4 Å². The lowest BCUT2D eigenvalue weighted by Gasteiger charge is -2.30. The van der Waals surface area contributed by atoms with Gasteiger partial charge in [-0.05, 0) is 48.4 Å². The number of hydrogen-bond acceptors (Lipinski definition) is 7. The summed E-state index contributed by atoms with van der Waals surface area (Å²) in [4.78, 5) is 19.5. The van der Waals surface area contributed by atoms with Crippen LogP contribution in [0.4, 0.5) is 0 Å². The molecular weight excluding hydrogens is 408 g/mol. The molecular formula is C25H20N2O5. The highest BCUT2D eigenvalue weighted by Gasteiger charge is 2.35. The SMILES string of the molecule is Cc1cc2c(c3c1C(=O)/C(=C/c1ccccn1)O3)CN(Cc1ccc3c(c1)OCO3)CO2. The molecule has 1 aromatic heterocycles. The van der Waals surface area contributed by atoms with Gasteiger partial charge in [0.25, 0.3) is 0 Å². The van der Waals surface area contributed by atoms with Gasteiger partial charge in [-0.2, -0.15) is 0 Å². The topological polar surface area (TPSA) is 70.1 Å². The minimum Gasteiger partial charge on any atom is -0.478 e. The number of carbonyl (C=O) groups excluding carboxylic acids is 1. The fourth-order valence-electron chi connectivity index (χ4n) is 4.27. The Hall–Kier alpha value is -3.84. The largest absolute Gasteiger partial charge is 0.478 e. The van der Waals surface area contributed by atoms with Crippen LogP contribution in [0.3, 0.4) is 0 Å². The van der Waals surface area contributed by atoms with E-state index >= 15 is 0 Å². The zero-order chi connectivity index (χ0) is 21.7. The van der Waals surface area contributed by atoms with Gasteiger partial charge in [-0.25, -0.2) is 0 Å². The molecule has 0 unspecified atom stereocenters. The number of benzene rings is 2. The van der Waals surface area contributed by atoms with Crippen LogP contribution < -0.4 is 18.9 Å². The molecule has 0 bridgehead atoms. The maximum Gasteiger partial charge on any atom is 0.232 e. The highest BCUT2D eigenvalue weighted by Crippen LogP contribution is 2.44. The predicted molar refractivity (Wildman–Crippen MR) is 116 cm³/mol. The van der Waals surface area contributed by atoms with Gasteiger partial charge in [0.2, 0.25) is 12.6 Å². The first-order valence-corrected chi connectivity index (χ1v) is 10.4. The fraction of sp³-hybridized carbons (Fsp3) is 0.200. The molecule has 0 spiro atoms. The Bertz CT molecular complexity index is 1270. The molecule has 7 heteroatoms. The highest BCUT2D eigenvalue weighted by molar-refractivity contribution is 6.15. The first-order valence-electron chi connectivity index (χ1n) is 10.4. The monoisotopic (exact) mass is 428 g/mol. The Labute approximate surface area is 184 Å². The van der Waals surface area contributed by atoms with E-state index < -0.39 is 0 Å². The van der Waals surface area contributed by atoms with Crippen LogP contribution in [0.25, 0.3) is 6.08 Å². The number of carbonyl (C=O) groups is 1. The normalized spacial score (nSPS) is 17.7. The van der Waals surface area contributed by atoms with E-state index in [1.54, 1.807) is 12.3 Å². The zero-order valence-electron chi connectivity index (χ0n) is 17.5. The van der Waals surface area contributed by atoms with Gasteiger partial charge in [0.15, 0.2) is 17.3 Å². The van der Waals surface area contributed by atoms with Gasteiger partial charge in [-0.15, -0.1) is 0 Å². The second-order valence-electron chi connectivity index (χ2n) is 8.02. The van der Waals surface area contributed by atoms with Gasteiger partial charge >= 0.3 is 0 Å². The number of allylic oxidation sites excluding steroid dienone is 1. The summed E-state index contributed by atoms with van der Waals surface area (Å²) in [5.74, 6) is 3.02. The maximum absolute atomic E-state index is 13.1. The van der Waals surface area contributed by atoms with Crippen LogP contribution in [-0.4, -0.2) is 29.2 Å². The Kier molecular flexibility index (Phi) is 4.36. The minimum absolute atomic E-state index is 0.126.